The van der Waals surface area contributed by atoms with Gasteiger partial charge in [-0.3, -0.25) is 4.79 Å². The third kappa shape index (κ3) is 4.39. The summed E-state index contributed by atoms with van der Waals surface area (Å²) in [5, 5.41) is 4.50. The molecule has 2 aromatic carbocycles. The zero-order valence-corrected chi connectivity index (χ0v) is 17.4. The van der Waals surface area contributed by atoms with Gasteiger partial charge < -0.3 is 9.64 Å². The highest BCUT2D eigenvalue weighted by Gasteiger charge is 2.29. The van der Waals surface area contributed by atoms with Crippen LogP contribution in [0.25, 0.3) is 10.8 Å². The van der Waals surface area contributed by atoms with Gasteiger partial charge in [0.2, 0.25) is 0 Å². The van der Waals surface area contributed by atoms with E-state index in [1.807, 2.05) is 63.2 Å². The van der Waals surface area contributed by atoms with Crippen molar-refractivity contribution in [2.75, 3.05) is 6.61 Å². The van der Waals surface area contributed by atoms with Gasteiger partial charge in [-0.25, -0.2) is 9.78 Å². The van der Waals surface area contributed by atoms with E-state index in [2.05, 4.69) is 4.98 Å². The van der Waals surface area contributed by atoms with Gasteiger partial charge in [-0.1, -0.05) is 30.3 Å². The standard InChI is InChI=1S/C22H24N2O3S/c1-5-27-21(26)18-14-28-19(23-18)13-24(22(2,3)4)20(25)17-11-10-15-8-6-7-9-16(15)12-17/h6-12,14H,5,13H2,1-4H3. The van der Waals surface area contributed by atoms with Crippen LogP contribution in [-0.4, -0.2) is 33.9 Å². The Hall–Kier alpha value is -2.73. The minimum absolute atomic E-state index is 0.0638. The lowest BCUT2D eigenvalue weighted by Gasteiger charge is -2.35. The van der Waals surface area contributed by atoms with Crippen LogP contribution in [0.1, 0.15) is 53.5 Å². The molecule has 0 N–H and O–H groups in total. The van der Waals surface area contributed by atoms with Gasteiger partial charge in [-0.2, -0.15) is 0 Å². The third-order valence-electron chi connectivity index (χ3n) is 4.38. The largest absolute Gasteiger partial charge is 0.461 e. The molecule has 146 valence electrons. The molecule has 0 radical (unpaired) electrons. The smallest absolute Gasteiger partial charge is 0.357 e. The lowest BCUT2D eigenvalue weighted by molar-refractivity contribution is 0.0520. The first-order valence-corrected chi connectivity index (χ1v) is 10.1. The van der Waals surface area contributed by atoms with E-state index < -0.39 is 11.5 Å². The van der Waals surface area contributed by atoms with Gasteiger partial charge in [0.05, 0.1) is 13.2 Å². The molecule has 1 heterocycles. The van der Waals surface area contributed by atoms with E-state index in [1.54, 1.807) is 17.2 Å². The van der Waals surface area contributed by atoms with E-state index in [9.17, 15) is 9.59 Å². The molecule has 0 fully saturated rings. The Kier molecular flexibility index (Phi) is 5.79. The number of amides is 1. The minimum Gasteiger partial charge on any atom is -0.461 e. The number of fused-ring (bicyclic) bond motifs is 1. The van der Waals surface area contributed by atoms with Crippen molar-refractivity contribution in [1.82, 2.24) is 9.88 Å². The Morgan fingerprint density at radius 2 is 1.82 bits per heavy atom. The number of rotatable bonds is 5. The fraction of sp³-hybridized carbons (Fsp3) is 0.318. The topological polar surface area (TPSA) is 59.5 Å². The first-order chi connectivity index (χ1) is 13.3. The number of hydrogen-bond donors (Lipinski definition) is 0. The van der Waals surface area contributed by atoms with Crippen LogP contribution in [0.4, 0.5) is 0 Å². The average Bonchev–Trinajstić information content (AvgIpc) is 3.13. The molecular formula is C22H24N2O3S. The van der Waals surface area contributed by atoms with Gasteiger partial charge >= 0.3 is 5.97 Å². The number of carbonyl (C=O) groups is 2. The van der Waals surface area contributed by atoms with Crippen molar-refractivity contribution in [3.05, 3.63) is 64.1 Å². The molecule has 3 rings (SSSR count). The quantitative estimate of drug-likeness (QED) is 0.575. The Bertz CT molecular complexity index is 1000. The molecule has 0 aliphatic rings. The second-order valence-corrected chi connectivity index (χ2v) is 8.41. The van der Waals surface area contributed by atoms with Crippen molar-refractivity contribution < 1.29 is 14.3 Å². The fourth-order valence-corrected chi connectivity index (χ4v) is 3.66. The highest BCUT2D eigenvalue weighted by molar-refractivity contribution is 7.09. The van der Waals surface area contributed by atoms with Crippen LogP contribution in [0, 0.1) is 0 Å². The number of ether oxygens (including phenoxy) is 1. The molecule has 1 aromatic heterocycles. The summed E-state index contributed by atoms with van der Waals surface area (Å²) in [5.74, 6) is -0.501. The maximum atomic E-state index is 13.3. The maximum Gasteiger partial charge on any atom is 0.357 e. The van der Waals surface area contributed by atoms with Gasteiger partial charge in [0.1, 0.15) is 5.01 Å². The summed E-state index contributed by atoms with van der Waals surface area (Å²) in [6.07, 6.45) is 0. The van der Waals surface area contributed by atoms with Crippen molar-refractivity contribution in [3.63, 3.8) is 0 Å². The SMILES string of the molecule is CCOC(=O)c1csc(CN(C(=O)c2ccc3ccccc3c2)C(C)(C)C)n1. The molecule has 0 atom stereocenters. The van der Waals surface area contributed by atoms with Crippen molar-refractivity contribution in [1.29, 1.82) is 0 Å². The van der Waals surface area contributed by atoms with Crippen LogP contribution in [0.5, 0.6) is 0 Å². The van der Waals surface area contributed by atoms with Crippen molar-refractivity contribution >= 4 is 34.0 Å². The normalized spacial score (nSPS) is 11.4. The molecule has 0 saturated carbocycles. The van der Waals surface area contributed by atoms with Crippen LogP contribution < -0.4 is 0 Å². The number of esters is 1. The molecule has 0 unspecified atom stereocenters. The van der Waals surface area contributed by atoms with Crippen molar-refractivity contribution in [2.24, 2.45) is 0 Å². The van der Waals surface area contributed by atoms with Gasteiger partial charge in [0.25, 0.3) is 5.91 Å². The van der Waals surface area contributed by atoms with E-state index in [0.29, 0.717) is 23.7 Å². The number of aromatic nitrogens is 1. The molecule has 0 spiro atoms. The van der Waals surface area contributed by atoms with Gasteiger partial charge in [0.15, 0.2) is 5.69 Å². The highest BCUT2D eigenvalue weighted by Crippen LogP contribution is 2.24. The van der Waals surface area contributed by atoms with E-state index >= 15 is 0 Å². The highest BCUT2D eigenvalue weighted by atomic mass is 32.1. The molecule has 0 aliphatic heterocycles. The first-order valence-electron chi connectivity index (χ1n) is 9.22. The van der Waals surface area contributed by atoms with Crippen LogP contribution in [0.2, 0.25) is 0 Å². The Morgan fingerprint density at radius 1 is 1.11 bits per heavy atom. The van der Waals surface area contributed by atoms with Crippen molar-refractivity contribution in [2.45, 2.75) is 39.8 Å². The summed E-state index contributed by atoms with van der Waals surface area (Å²) >= 11 is 1.36. The Morgan fingerprint density at radius 3 is 2.50 bits per heavy atom. The number of nitrogens with zero attached hydrogens (tertiary/aromatic N) is 2. The molecule has 1 amide bonds. The van der Waals surface area contributed by atoms with Gasteiger partial charge in [-0.15, -0.1) is 11.3 Å². The number of benzene rings is 2. The molecule has 0 bridgehead atoms. The predicted molar refractivity (Wildman–Crippen MR) is 112 cm³/mol. The van der Waals surface area contributed by atoms with E-state index in [-0.39, 0.29) is 11.6 Å². The lowest BCUT2D eigenvalue weighted by atomic mass is 10.0. The maximum absolute atomic E-state index is 13.3. The van der Waals surface area contributed by atoms with Gasteiger partial charge in [-0.05, 0) is 50.6 Å². The summed E-state index contributed by atoms with van der Waals surface area (Å²) in [6.45, 7) is 8.37. The Balaban J connectivity index is 1.87. The summed E-state index contributed by atoms with van der Waals surface area (Å²) in [4.78, 5) is 31.3. The molecule has 5 nitrogen and oxygen atoms in total. The zero-order chi connectivity index (χ0) is 20.3. The van der Waals surface area contributed by atoms with E-state index in [0.717, 1.165) is 10.8 Å². The van der Waals surface area contributed by atoms with Crippen LogP contribution in [0.15, 0.2) is 47.8 Å². The van der Waals surface area contributed by atoms with E-state index in [4.69, 9.17) is 4.74 Å². The lowest BCUT2D eigenvalue weighted by Crippen LogP contribution is -2.45. The number of carbonyl (C=O) groups excluding carboxylic acids is 2. The van der Waals surface area contributed by atoms with Crippen molar-refractivity contribution in [3.8, 4) is 0 Å². The summed E-state index contributed by atoms with van der Waals surface area (Å²) in [6, 6.07) is 13.7. The second kappa shape index (κ2) is 8.10. The number of thiazole rings is 1. The molecule has 0 saturated heterocycles. The van der Waals surface area contributed by atoms with Crippen LogP contribution in [0.3, 0.4) is 0 Å². The van der Waals surface area contributed by atoms with Crippen LogP contribution in [-0.2, 0) is 11.3 Å². The first kappa shape index (κ1) is 20.0. The van der Waals surface area contributed by atoms with Crippen LogP contribution >= 0.6 is 11.3 Å². The number of hydrogen-bond acceptors (Lipinski definition) is 5. The molecule has 6 heteroatoms. The third-order valence-corrected chi connectivity index (χ3v) is 5.21. The molecule has 0 aliphatic carbocycles. The molecular weight excluding hydrogens is 372 g/mol. The molecule has 28 heavy (non-hydrogen) atoms. The Labute approximate surface area is 169 Å². The minimum atomic E-state index is -0.437. The zero-order valence-electron chi connectivity index (χ0n) is 16.6. The summed E-state index contributed by atoms with van der Waals surface area (Å²) < 4.78 is 5.00. The average molecular weight is 397 g/mol. The summed E-state index contributed by atoms with van der Waals surface area (Å²) in [7, 11) is 0. The predicted octanol–water partition coefficient (Wildman–Crippen LogP) is 4.91. The fourth-order valence-electron chi connectivity index (χ4n) is 2.91. The van der Waals surface area contributed by atoms with Gasteiger partial charge in [0, 0.05) is 16.5 Å². The summed E-state index contributed by atoms with van der Waals surface area (Å²) in [5.41, 5.74) is 0.517. The molecule has 3 aromatic rings. The monoisotopic (exact) mass is 396 g/mol. The van der Waals surface area contributed by atoms with E-state index in [1.165, 1.54) is 11.3 Å². The second-order valence-electron chi connectivity index (χ2n) is 7.47.